The first-order valence-corrected chi connectivity index (χ1v) is 12.5. The zero-order valence-electron chi connectivity index (χ0n) is 17.9. The number of benzene rings is 1. The van der Waals surface area contributed by atoms with Gasteiger partial charge in [0.1, 0.15) is 5.82 Å². The molecule has 6 heteroatoms. The van der Waals surface area contributed by atoms with Crippen LogP contribution in [-0.4, -0.2) is 47.1 Å². The summed E-state index contributed by atoms with van der Waals surface area (Å²) in [6.07, 6.45) is 10.2. The second-order valence-electron chi connectivity index (χ2n) is 9.81. The highest BCUT2D eigenvalue weighted by Crippen LogP contribution is 2.53. The van der Waals surface area contributed by atoms with Gasteiger partial charge in [0.2, 0.25) is 0 Å². The monoisotopic (exact) mass is 480 g/mol. The third-order valence-electron chi connectivity index (χ3n) is 7.88. The van der Waals surface area contributed by atoms with E-state index in [1.807, 2.05) is 0 Å². The van der Waals surface area contributed by atoms with Gasteiger partial charge in [0.15, 0.2) is 0 Å². The number of nitrogens with one attached hydrogen (secondary N) is 1. The van der Waals surface area contributed by atoms with Crippen LogP contribution in [0.4, 0.5) is 5.69 Å². The van der Waals surface area contributed by atoms with E-state index in [2.05, 4.69) is 61.1 Å². The number of aromatic amines is 1. The zero-order chi connectivity index (χ0) is 21.0. The summed E-state index contributed by atoms with van der Waals surface area (Å²) in [5.41, 5.74) is 5.11. The van der Waals surface area contributed by atoms with Crippen LogP contribution in [0.5, 0.6) is 0 Å². The molecule has 0 radical (unpaired) electrons. The third-order valence-corrected chi connectivity index (χ3v) is 8.41. The fraction of sp³-hybridized carbons (Fsp3) is 0.520. The predicted molar refractivity (Wildman–Crippen MR) is 127 cm³/mol. The molecule has 1 saturated heterocycles. The molecule has 2 heterocycles. The van der Waals surface area contributed by atoms with Gasteiger partial charge < -0.3 is 9.88 Å². The van der Waals surface area contributed by atoms with Crippen LogP contribution in [0, 0.1) is 5.41 Å². The number of hydrogen-bond acceptors (Lipinski definition) is 4. The number of rotatable bonds is 3. The Morgan fingerprint density at radius 1 is 1.03 bits per heavy atom. The van der Waals surface area contributed by atoms with Crippen molar-refractivity contribution in [2.45, 2.75) is 51.0 Å². The quantitative estimate of drug-likeness (QED) is 0.715. The van der Waals surface area contributed by atoms with E-state index >= 15 is 0 Å². The number of nitrogens with zero attached hydrogens (tertiary/aromatic N) is 3. The first-order chi connectivity index (χ1) is 15.1. The van der Waals surface area contributed by atoms with Crippen molar-refractivity contribution in [3.05, 3.63) is 62.2 Å². The lowest BCUT2D eigenvalue weighted by molar-refractivity contribution is 0.214. The maximum Gasteiger partial charge on any atom is 0.254 e. The molecular formula is C25H29BrN4O. The van der Waals surface area contributed by atoms with E-state index in [-0.39, 0.29) is 5.56 Å². The number of allylic oxidation sites excluding steroid dienone is 1. The molecule has 6 rings (SSSR count). The first kappa shape index (κ1) is 19.7. The Morgan fingerprint density at radius 2 is 1.81 bits per heavy atom. The molecule has 1 atom stereocenters. The Kier molecular flexibility index (Phi) is 4.83. The first-order valence-electron chi connectivity index (χ1n) is 11.7. The summed E-state index contributed by atoms with van der Waals surface area (Å²) < 4.78 is 1.12. The molecule has 4 aliphatic rings. The van der Waals surface area contributed by atoms with E-state index in [4.69, 9.17) is 4.98 Å². The lowest BCUT2D eigenvalue weighted by atomic mass is 9.84. The molecule has 2 aromatic rings. The standard InChI is InChI=1S/C25H29BrN4O/c26-18-2-5-19(6-3-18)29-11-13-30(14-12-29)20-4-1-17(15-20)23-27-22-7-8-25(9-10-25)16-21(22)24(31)28-23/h2-3,5-6,15,20H,1,4,7-14,16H2,(H,27,28,31). The summed E-state index contributed by atoms with van der Waals surface area (Å²) in [5.74, 6) is 0.825. The molecule has 1 aromatic carbocycles. The SMILES string of the molecule is O=c1[nH]c(C2=CC(N3CCN(c4ccc(Br)cc4)CC3)CC2)nc2c1CC1(CC2)CC1. The minimum atomic E-state index is 0.110. The number of aromatic nitrogens is 2. The van der Waals surface area contributed by atoms with Gasteiger partial charge in [0.25, 0.3) is 5.56 Å². The van der Waals surface area contributed by atoms with Gasteiger partial charge in [-0.15, -0.1) is 0 Å². The van der Waals surface area contributed by atoms with Crippen molar-refractivity contribution in [3.63, 3.8) is 0 Å². The van der Waals surface area contributed by atoms with Gasteiger partial charge in [-0.3, -0.25) is 9.69 Å². The maximum absolute atomic E-state index is 12.8. The minimum Gasteiger partial charge on any atom is -0.369 e. The number of piperazine rings is 1. The second kappa shape index (κ2) is 7.59. The molecule has 1 aromatic heterocycles. The van der Waals surface area contributed by atoms with Crippen LogP contribution in [-0.2, 0) is 12.8 Å². The average Bonchev–Trinajstić information content (AvgIpc) is 3.35. The molecular weight excluding hydrogens is 452 g/mol. The van der Waals surface area contributed by atoms with Crippen molar-refractivity contribution in [2.75, 3.05) is 31.1 Å². The zero-order valence-corrected chi connectivity index (χ0v) is 19.5. The molecule has 2 fully saturated rings. The van der Waals surface area contributed by atoms with Gasteiger partial charge in [-0.05, 0) is 80.2 Å². The third kappa shape index (κ3) is 3.78. The van der Waals surface area contributed by atoms with Crippen molar-refractivity contribution in [1.82, 2.24) is 14.9 Å². The van der Waals surface area contributed by atoms with E-state index in [1.54, 1.807) is 0 Å². The molecule has 1 spiro atoms. The van der Waals surface area contributed by atoms with Crippen molar-refractivity contribution < 1.29 is 0 Å². The smallest absolute Gasteiger partial charge is 0.254 e. The normalized spacial score (nSPS) is 24.9. The van der Waals surface area contributed by atoms with Crippen LogP contribution >= 0.6 is 15.9 Å². The summed E-state index contributed by atoms with van der Waals surface area (Å²) in [4.78, 5) is 25.9. The minimum absolute atomic E-state index is 0.110. The van der Waals surface area contributed by atoms with Crippen LogP contribution in [0.1, 0.15) is 49.2 Å². The van der Waals surface area contributed by atoms with Gasteiger partial charge in [-0.2, -0.15) is 0 Å². The second-order valence-corrected chi connectivity index (χ2v) is 10.7. The molecule has 1 saturated carbocycles. The van der Waals surface area contributed by atoms with Gasteiger partial charge in [0, 0.05) is 47.9 Å². The van der Waals surface area contributed by atoms with E-state index in [9.17, 15) is 4.79 Å². The van der Waals surface area contributed by atoms with E-state index in [0.29, 0.717) is 11.5 Å². The number of H-pyrrole nitrogens is 1. The number of anilines is 1. The van der Waals surface area contributed by atoms with E-state index in [0.717, 1.165) is 73.4 Å². The Morgan fingerprint density at radius 3 is 2.55 bits per heavy atom. The number of aryl methyl sites for hydroxylation is 1. The molecule has 1 unspecified atom stereocenters. The summed E-state index contributed by atoms with van der Waals surface area (Å²) in [6, 6.07) is 9.07. The molecule has 31 heavy (non-hydrogen) atoms. The molecule has 1 N–H and O–H groups in total. The van der Waals surface area contributed by atoms with Gasteiger partial charge in [0.05, 0.1) is 5.69 Å². The lowest BCUT2D eigenvalue weighted by Gasteiger charge is -2.38. The van der Waals surface area contributed by atoms with Crippen molar-refractivity contribution >= 4 is 27.2 Å². The van der Waals surface area contributed by atoms with Crippen molar-refractivity contribution in [1.29, 1.82) is 0 Å². The van der Waals surface area contributed by atoms with Crippen LogP contribution in [0.3, 0.4) is 0 Å². The van der Waals surface area contributed by atoms with Crippen molar-refractivity contribution in [2.24, 2.45) is 5.41 Å². The average molecular weight is 481 g/mol. The Hall–Kier alpha value is -1.92. The van der Waals surface area contributed by atoms with E-state index < -0.39 is 0 Å². The predicted octanol–water partition coefficient (Wildman–Crippen LogP) is 4.17. The van der Waals surface area contributed by atoms with Gasteiger partial charge in [-0.25, -0.2) is 4.98 Å². The molecule has 5 nitrogen and oxygen atoms in total. The highest BCUT2D eigenvalue weighted by atomic mass is 79.9. The van der Waals surface area contributed by atoms with Crippen LogP contribution in [0.2, 0.25) is 0 Å². The molecule has 162 valence electrons. The lowest BCUT2D eigenvalue weighted by Crippen LogP contribution is -2.49. The van der Waals surface area contributed by atoms with E-state index in [1.165, 1.54) is 30.5 Å². The summed E-state index contributed by atoms with van der Waals surface area (Å²) >= 11 is 3.52. The van der Waals surface area contributed by atoms with Gasteiger partial charge in [-0.1, -0.05) is 22.0 Å². The Labute approximate surface area is 191 Å². The number of hydrogen-bond donors (Lipinski definition) is 1. The number of fused-ring (bicyclic) bond motifs is 1. The fourth-order valence-electron chi connectivity index (χ4n) is 5.69. The molecule has 0 amide bonds. The topological polar surface area (TPSA) is 52.2 Å². The highest BCUT2D eigenvalue weighted by Gasteiger charge is 2.45. The van der Waals surface area contributed by atoms with Crippen LogP contribution in [0.15, 0.2) is 39.6 Å². The Bertz CT molecular complexity index is 1080. The van der Waals surface area contributed by atoms with Crippen LogP contribution in [0.25, 0.3) is 5.57 Å². The van der Waals surface area contributed by atoms with Gasteiger partial charge >= 0.3 is 0 Å². The summed E-state index contributed by atoms with van der Waals surface area (Å²) in [6.45, 7) is 4.25. The van der Waals surface area contributed by atoms with Crippen LogP contribution < -0.4 is 10.5 Å². The number of halogens is 1. The summed E-state index contributed by atoms with van der Waals surface area (Å²) in [5, 5.41) is 0. The molecule has 0 bridgehead atoms. The summed E-state index contributed by atoms with van der Waals surface area (Å²) in [7, 11) is 0. The molecule has 1 aliphatic heterocycles. The van der Waals surface area contributed by atoms with Crippen molar-refractivity contribution in [3.8, 4) is 0 Å². The highest BCUT2D eigenvalue weighted by molar-refractivity contribution is 9.10. The molecule has 3 aliphatic carbocycles. The fourth-order valence-corrected chi connectivity index (χ4v) is 5.95. The largest absolute Gasteiger partial charge is 0.369 e. The Balaban J connectivity index is 1.14. The maximum atomic E-state index is 12.8.